The van der Waals surface area contributed by atoms with Gasteiger partial charge in [0.25, 0.3) is 0 Å². The van der Waals surface area contributed by atoms with Crippen LogP contribution in [0.1, 0.15) is 98.5 Å². The summed E-state index contributed by atoms with van der Waals surface area (Å²) < 4.78 is 62.6. The smallest absolute Gasteiger partial charge is 0.343 e. The Morgan fingerprint density at radius 2 is 1.56 bits per heavy atom. The van der Waals surface area contributed by atoms with Crippen LogP contribution < -0.4 is 4.74 Å². The van der Waals surface area contributed by atoms with E-state index < -0.39 is 40.6 Å². The molecule has 0 N–H and O–H groups in total. The van der Waals surface area contributed by atoms with E-state index in [1.807, 2.05) is 0 Å². The van der Waals surface area contributed by atoms with Gasteiger partial charge >= 0.3 is 5.97 Å². The fraction of sp³-hybridized carbons (Fsp3) is 0.517. The molecule has 0 heterocycles. The topological polar surface area (TPSA) is 50.1 Å². The number of hydrogen-bond donors (Lipinski definition) is 0. The van der Waals surface area contributed by atoms with E-state index in [0.29, 0.717) is 30.4 Å². The van der Waals surface area contributed by atoms with Gasteiger partial charge < -0.3 is 4.74 Å². The van der Waals surface area contributed by atoms with Crippen LogP contribution in [-0.2, 0) is 0 Å². The first-order chi connectivity index (χ1) is 17.3. The van der Waals surface area contributed by atoms with Gasteiger partial charge in [0.1, 0.15) is 40.7 Å². The summed E-state index contributed by atoms with van der Waals surface area (Å²) >= 11 is 0. The van der Waals surface area contributed by atoms with Gasteiger partial charge in [-0.2, -0.15) is 5.26 Å². The van der Waals surface area contributed by atoms with Crippen molar-refractivity contribution >= 4 is 5.97 Å². The van der Waals surface area contributed by atoms with Gasteiger partial charge in [-0.05, 0) is 67.9 Å². The van der Waals surface area contributed by atoms with E-state index in [-0.39, 0.29) is 17.0 Å². The number of unbranched alkanes of at least 4 members (excludes halogenated alkanes) is 2. The van der Waals surface area contributed by atoms with Gasteiger partial charge in [-0.25, -0.2) is 22.4 Å². The summed E-state index contributed by atoms with van der Waals surface area (Å²) in [5.74, 6) is -4.04. The molecule has 2 aliphatic rings. The Hall–Kier alpha value is -2.88. The van der Waals surface area contributed by atoms with Crippen molar-refractivity contribution in [3.63, 3.8) is 0 Å². The number of nitrogens with zero attached hydrogens (tertiary/aromatic N) is 1. The number of rotatable bonds is 7. The first-order valence-electron chi connectivity index (χ1n) is 12.9. The number of esters is 1. The van der Waals surface area contributed by atoms with Crippen molar-refractivity contribution in [2.45, 2.75) is 77.0 Å². The highest BCUT2D eigenvalue weighted by atomic mass is 19.1. The summed E-state index contributed by atoms with van der Waals surface area (Å²) in [6.07, 6.45) is 11.0. The Labute approximate surface area is 209 Å². The largest absolute Gasteiger partial charge is 0.423 e. The summed E-state index contributed by atoms with van der Waals surface area (Å²) in [6, 6.07) is 4.57. The first-order valence-corrected chi connectivity index (χ1v) is 12.9. The van der Waals surface area contributed by atoms with Crippen molar-refractivity contribution in [1.29, 1.82) is 5.26 Å². The number of ether oxygens (including phenoxy) is 1. The SMILES string of the molecule is CCCCC[C@H]1CC[C@@H]2CC(c3c(F)cc(C(=O)Oc4cc(F)c(C#N)c(F)c4)cc3F)CC[C@H]2C1. The fourth-order valence-electron chi connectivity index (χ4n) is 6.17. The molecule has 0 aromatic heterocycles. The van der Waals surface area contributed by atoms with Crippen LogP contribution in [0.15, 0.2) is 24.3 Å². The summed E-state index contributed by atoms with van der Waals surface area (Å²) in [7, 11) is 0. The van der Waals surface area contributed by atoms with Crippen molar-refractivity contribution in [2.24, 2.45) is 17.8 Å². The molecule has 2 aromatic carbocycles. The van der Waals surface area contributed by atoms with Crippen LogP contribution in [0.5, 0.6) is 5.75 Å². The number of carbonyl (C=O) groups excluding carboxylic acids is 1. The van der Waals surface area contributed by atoms with E-state index in [2.05, 4.69) is 6.92 Å². The molecule has 4 atom stereocenters. The molecule has 1 unspecified atom stereocenters. The Morgan fingerprint density at radius 1 is 0.917 bits per heavy atom. The molecule has 0 amide bonds. The maximum absolute atomic E-state index is 15.1. The van der Waals surface area contributed by atoms with Crippen LogP contribution in [0.3, 0.4) is 0 Å². The van der Waals surface area contributed by atoms with Gasteiger partial charge in [0, 0.05) is 17.7 Å². The van der Waals surface area contributed by atoms with Crippen LogP contribution >= 0.6 is 0 Å². The molecule has 0 saturated heterocycles. The molecule has 0 bridgehead atoms. The van der Waals surface area contributed by atoms with E-state index in [0.717, 1.165) is 37.3 Å². The van der Waals surface area contributed by atoms with Gasteiger partial charge in [-0.3, -0.25) is 0 Å². The number of hydrogen-bond acceptors (Lipinski definition) is 3. The minimum absolute atomic E-state index is 0.00512. The lowest BCUT2D eigenvalue weighted by Gasteiger charge is -2.42. The maximum atomic E-state index is 15.1. The van der Waals surface area contributed by atoms with E-state index in [9.17, 15) is 13.6 Å². The van der Waals surface area contributed by atoms with Crippen LogP contribution in [-0.4, -0.2) is 5.97 Å². The minimum Gasteiger partial charge on any atom is -0.423 e. The fourth-order valence-corrected chi connectivity index (χ4v) is 6.17. The monoisotopic (exact) mass is 501 g/mol. The second kappa shape index (κ2) is 11.5. The van der Waals surface area contributed by atoms with E-state index in [1.165, 1.54) is 44.6 Å². The molecule has 2 fully saturated rings. The lowest BCUT2D eigenvalue weighted by atomic mass is 9.63. The second-order valence-corrected chi connectivity index (χ2v) is 10.3. The van der Waals surface area contributed by atoms with Crippen molar-refractivity contribution in [2.75, 3.05) is 0 Å². The van der Waals surface area contributed by atoms with Crippen molar-refractivity contribution in [3.05, 3.63) is 64.2 Å². The third-order valence-electron chi connectivity index (χ3n) is 8.00. The van der Waals surface area contributed by atoms with Crippen LogP contribution in [0.25, 0.3) is 0 Å². The number of fused-ring (bicyclic) bond motifs is 1. The average molecular weight is 502 g/mol. The zero-order chi connectivity index (χ0) is 25.8. The Balaban J connectivity index is 1.42. The molecule has 192 valence electrons. The lowest BCUT2D eigenvalue weighted by Crippen LogP contribution is -2.31. The average Bonchev–Trinajstić information content (AvgIpc) is 2.83. The second-order valence-electron chi connectivity index (χ2n) is 10.3. The standard InChI is InChI=1S/C29H31F4NO2/c1-2-3-4-5-17-6-7-19-11-20(9-8-18(19)10-17)28-26(32)12-21(13-27(28)33)29(35)36-22-14-24(30)23(16-34)25(31)15-22/h12-15,17-20H,2-11H2,1H3/t17-,18-,19+,20?/m0/s1. The normalized spacial score (nSPS) is 23.6. The number of nitriles is 1. The predicted molar refractivity (Wildman–Crippen MR) is 127 cm³/mol. The minimum atomic E-state index is -1.20. The lowest BCUT2D eigenvalue weighted by molar-refractivity contribution is 0.0732. The Bertz CT molecular complexity index is 1110. The van der Waals surface area contributed by atoms with Crippen LogP contribution in [0.4, 0.5) is 17.6 Å². The van der Waals surface area contributed by atoms with Crippen molar-refractivity contribution < 1.29 is 27.1 Å². The van der Waals surface area contributed by atoms with Crippen molar-refractivity contribution in [1.82, 2.24) is 0 Å². The predicted octanol–water partition coefficient (Wildman–Crippen LogP) is 8.21. The zero-order valence-corrected chi connectivity index (χ0v) is 20.5. The van der Waals surface area contributed by atoms with Gasteiger partial charge in [-0.1, -0.05) is 39.0 Å². The highest BCUT2D eigenvalue weighted by molar-refractivity contribution is 5.91. The van der Waals surface area contributed by atoms with Crippen molar-refractivity contribution in [3.8, 4) is 11.8 Å². The number of halogens is 4. The van der Waals surface area contributed by atoms with E-state index in [1.54, 1.807) is 0 Å². The summed E-state index contributed by atoms with van der Waals surface area (Å²) in [6.45, 7) is 2.21. The zero-order valence-electron chi connectivity index (χ0n) is 20.5. The number of carbonyl (C=O) groups is 1. The molecule has 3 nitrogen and oxygen atoms in total. The highest BCUT2D eigenvalue weighted by Gasteiger charge is 2.37. The molecule has 2 aliphatic carbocycles. The molecule has 0 aliphatic heterocycles. The quantitative estimate of drug-likeness (QED) is 0.166. The molecule has 2 saturated carbocycles. The molecular formula is C29H31F4NO2. The Kier molecular flexibility index (Phi) is 8.33. The third kappa shape index (κ3) is 5.74. The van der Waals surface area contributed by atoms with Crippen LogP contribution in [0, 0.1) is 52.4 Å². The molecule has 4 rings (SSSR count). The summed E-state index contributed by atoms with van der Waals surface area (Å²) in [5.41, 5.74) is -1.19. The van der Waals surface area contributed by atoms with E-state index >= 15 is 8.78 Å². The molecule has 0 spiro atoms. The molecule has 7 heteroatoms. The summed E-state index contributed by atoms with van der Waals surface area (Å²) in [5, 5.41) is 8.74. The molecule has 36 heavy (non-hydrogen) atoms. The third-order valence-corrected chi connectivity index (χ3v) is 8.00. The van der Waals surface area contributed by atoms with Gasteiger partial charge in [0.15, 0.2) is 0 Å². The molecule has 2 aromatic rings. The van der Waals surface area contributed by atoms with Gasteiger partial charge in [0.05, 0.1) is 5.56 Å². The highest BCUT2D eigenvalue weighted by Crippen LogP contribution is 2.49. The molecule has 0 radical (unpaired) electrons. The van der Waals surface area contributed by atoms with Crippen LogP contribution in [0.2, 0.25) is 0 Å². The molecular weight excluding hydrogens is 470 g/mol. The number of benzene rings is 2. The van der Waals surface area contributed by atoms with Gasteiger partial charge in [-0.15, -0.1) is 0 Å². The van der Waals surface area contributed by atoms with Gasteiger partial charge in [0.2, 0.25) is 0 Å². The maximum Gasteiger partial charge on any atom is 0.343 e. The Morgan fingerprint density at radius 3 is 2.19 bits per heavy atom. The first kappa shape index (κ1) is 26.2. The summed E-state index contributed by atoms with van der Waals surface area (Å²) in [4.78, 5) is 12.4. The van der Waals surface area contributed by atoms with E-state index in [4.69, 9.17) is 10.00 Å².